The molecule has 2 N–H and O–H groups in total. The predicted octanol–water partition coefficient (Wildman–Crippen LogP) is 1.24. The smallest absolute Gasteiger partial charge is 0.251 e. The number of thioether (sulfide) groups is 1. The first kappa shape index (κ1) is 16.3. The monoisotopic (exact) mass is 333 g/mol. The van der Waals surface area contributed by atoms with E-state index in [4.69, 9.17) is 0 Å². The van der Waals surface area contributed by atoms with Gasteiger partial charge in [0.25, 0.3) is 5.91 Å². The van der Waals surface area contributed by atoms with Gasteiger partial charge in [0.15, 0.2) is 0 Å². The molecule has 3 rings (SSSR count). The van der Waals surface area contributed by atoms with E-state index in [2.05, 4.69) is 10.6 Å². The van der Waals surface area contributed by atoms with Crippen LogP contribution in [0.3, 0.4) is 0 Å². The topological polar surface area (TPSA) is 61.4 Å². The molecule has 2 saturated heterocycles. The van der Waals surface area contributed by atoms with Crippen LogP contribution in [0.1, 0.15) is 22.3 Å². The van der Waals surface area contributed by atoms with Gasteiger partial charge in [-0.25, -0.2) is 0 Å². The van der Waals surface area contributed by atoms with Gasteiger partial charge < -0.3 is 15.5 Å². The first-order valence-electron chi connectivity index (χ1n) is 8.09. The maximum absolute atomic E-state index is 12.4. The fraction of sp³-hybridized carbons (Fsp3) is 0.529. The van der Waals surface area contributed by atoms with Crippen LogP contribution in [0.25, 0.3) is 0 Å². The Hall–Kier alpha value is -1.53. The molecule has 124 valence electrons. The molecule has 0 spiro atoms. The highest BCUT2D eigenvalue weighted by molar-refractivity contribution is 7.99. The third kappa shape index (κ3) is 3.87. The number of nitrogens with zero attached hydrogens (tertiary/aromatic N) is 1. The van der Waals surface area contributed by atoms with Crippen molar-refractivity contribution in [1.82, 2.24) is 15.5 Å². The minimum Gasteiger partial charge on any atom is -0.352 e. The summed E-state index contributed by atoms with van der Waals surface area (Å²) in [5.41, 5.74) is 1.70. The quantitative estimate of drug-likeness (QED) is 0.870. The maximum atomic E-state index is 12.4. The molecule has 2 fully saturated rings. The fourth-order valence-electron chi connectivity index (χ4n) is 3.12. The third-order valence-electron chi connectivity index (χ3n) is 4.53. The Kier molecular flexibility index (Phi) is 5.23. The molecule has 6 heteroatoms. The first-order chi connectivity index (χ1) is 11.1. The number of hydrogen-bond acceptors (Lipinski definition) is 4. The number of benzene rings is 1. The molecule has 23 heavy (non-hydrogen) atoms. The number of amides is 2. The Morgan fingerprint density at radius 2 is 2.22 bits per heavy atom. The highest BCUT2D eigenvalue weighted by Gasteiger charge is 2.33. The zero-order chi connectivity index (χ0) is 16.2. The predicted molar refractivity (Wildman–Crippen MR) is 92.4 cm³/mol. The summed E-state index contributed by atoms with van der Waals surface area (Å²) in [5.74, 6) is 2.34. The lowest BCUT2D eigenvalue weighted by molar-refractivity contribution is -0.131. The Balaban J connectivity index is 1.47. The van der Waals surface area contributed by atoms with Crippen LogP contribution in [0.4, 0.5) is 0 Å². The van der Waals surface area contributed by atoms with Gasteiger partial charge in [-0.2, -0.15) is 0 Å². The molecule has 2 aliphatic rings. The van der Waals surface area contributed by atoms with Gasteiger partial charge in [0, 0.05) is 31.0 Å². The lowest BCUT2D eigenvalue weighted by atomic mass is 10.0. The number of aryl methyl sites for hydroxylation is 1. The molecule has 0 aromatic heterocycles. The van der Waals surface area contributed by atoms with Crippen LogP contribution in [-0.2, 0) is 4.79 Å². The largest absolute Gasteiger partial charge is 0.352 e. The zero-order valence-corrected chi connectivity index (χ0v) is 14.2. The number of nitrogens with one attached hydrogen (secondary N) is 2. The van der Waals surface area contributed by atoms with Crippen LogP contribution in [0.2, 0.25) is 0 Å². The minimum absolute atomic E-state index is 0.0335. The highest BCUT2D eigenvalue weighted by Crippen LogP contribution is 2.20. The Morgan fingerprint density at radius 1 is 1.39 bits per heavy atom. The summed E-state index contributed by atoms with van der Waals surface area (Å²) in [5, 5.41) is 6.31. The summed E-state index contributed by atoms with van der Waals surface area (Å²) in [6, 6.07) is 7.50. The summed E-state index contributed by atoms with van der Waals surface area (Å²) >= 11 is 1.80. The van der Waals surface area contributed by atoms with Crippen LogP contribution in [0, 0.1) is 12.8 Å². The molecular weight excluding hydrogens is 310 g/mol. The molecular formula is C17H23N3O2S. The van der Waals surface area contributed by atoms with E-state index in [1.807, 2.05) is 36.1 Å². The van der Waals surface area contributed by atoms with Gasteiger partial charge in [0.1, 0.15) is 0 Å². The van der Waals surface area contributed by atoms with Gasteiger partial charge in [-0.1, -0.05) is 18.2 Å². The SMILES string of the molecule is Cc1ccccc1C(=O)NC[C@@H]1CN[C@H](C(=O)N2CCSC2)C1. The third-order valence-corrected chi connectivity index (χ3v) is 5.49. The fourth-order valence-corrected chi connectivity index (χ4v) is 4.08. The van der Waals surface area contributed by atoms with E-state index in [1.54, 1.807) is 11.8 Å². The van der Waals surface area contributed by atoms with Crippen LogP contribution in [0.5, 0.6) is 0 Å². The number of rotatable bonds is 4. The molecule has 0 bridgehead atoms. The van der Waals surface area contributed by atoms with Crippen molar-refractivity contribution in [3.05, 3.63) is 35.4 Å². The van der Waals surface area contributed by atoms with Crippen molar-refractivity contribution in [3.8, 4) is 0 Å². The van der Waals surface area contributed by atoms with Gasteiger partial charge in [-0.3, -0.25) is 9.59 Å². The van der Waals surface area contributed by atoms with Crippen LogP contribution >= 0.6 is 11.8 Å². The second kappa shape index (κ2) is 7.36. The van der Waals surface area contributed by atoms with Crippen molar-refractivity contribution in [2.45, 2.75) is 19.4 Å². The molecule has 2 amide bonds. The van der Waals surface area contributed by atoms with E-state index >= 15 is 0 Å². The number of carbonyl (C=O) groups is 2. The molecule has 0 aliphatic carbocycles. The van der Waals surface area contributed by atoms with E-state index < -0.39 is 0 Å². The van der Waals surface area contributed by atoms with Crippen LogP contribution < -0.4 is 10.6 Å². The van der Waals surface area contributed by atoms with Gasteiger partial charge in [-0.15, -0.1) is 11.8 Å². The van der Waals surface area contributed by atoms with E-state index in [-0.39, 0.29) is 17.9 Å². The van der Waals surface area contributed by atoms with Crippen molar-refractivity contribution in [2.75, 3.05) is 31.3 Å². The molecule has 5 nitrogen and oxygen atoms in total. The highest BCUT2D eigenvalue weighted by atomic mass is 32.2. The Morgan fingerprint density at radius 3 is 2.96 bits per heavy atom. The van der Waals surface area contributed by atoms with E-state index in [0.29, 0.717) is 12.5 Å². The summed E-state index contributed by atoms with van der Waals surface area (Å²) < 4.78 is 0. The standard InChI is InChI=1S/C17H23N3O2S/c1-12-4-2-3-5-14(12)16(21)19-10-13-8-15(18-9-13)17(22)20-6-7-23-11-20/h2-5,13,15,18H,6-11H2,1H3,(H,19,21)/t13-,15-/m0/s1. The molecule has 2 heterocycles. The first-order valence-corrected chi connectivity index (χ1v) is 9.24. The number of hydrogen-bond donors (Lipinski definition) is 2. The number of carbonyl (C=O) groups excluding carboxylic acids is 2. The summed E-state index contributed by atoms with van der Waals surface area (Å²) in [6.07, 6.45) is 0.800. The molecule has 1 aromatic carbocycles. The van der Waals surface area contributed by atoms with Crippen LogP contribution in [0.15, 0.2) is 24.3 Å². The van der Waals surface area contributed by atoms with Gasteiger partial charge in [0.05, 0.1) is 11.9 Å². The normalized spacial score (nSPS) is 24.0. The summed E-state index contributed by atoms with van der Waals surface area (Å²) in [6.45, 7) is 4.19. The molecule has 0 radical (unpaired) electrons. The lowest BCUT2D eigenvalue weighted by Crippen LogP contribution is -2.42. The van der Waals surface area contributed by atoms with E-state index in [9.17, 15) is 9.59 Å². The van der Waals surface area contributed by atoms with E-state index in [0.717, 1.165) is 42.3 Å². The molecule has 0 saturated carbocycles. The van der Waals surface area contributed by atoms with Crippen molar-refractivity contribution >= 4 is 23.6 Å². The summed E-state index contributed by atoms with van der Waals surface area (Å²) in [7, 11) is 0. The Bertz CT molecular complexity index is 587. The van der Waals surface area contributed by atoms with Gasteiger partial charge in [0.2, 0.25) is 5.91 Å². The summed E-state index contributed by atoms with van der Waals surface area (Å²) in [4.78, 5) is 26.5. The molecule has 2 aliphatic heterocycles. The lowest BCUT2D eigenvalue weighted by Gasteiger charge is -2.19. The van der Waals surface area contributed by atoms with Crippen LogP contribution in [-0.4, -0.2) is 54.0 Å². The van der Waals surface area contributed by atoms with Crippen molar-refractivity contribution < 1.29 is 9.59 Å². The average molecular weight is 333 g/mol. The average Bonchev–Trinajstić information content (AvgIpc) is 3.24. The molecule has 1 aromatic rings. The molecule has 2 atom stereocenters. The Labute approximate surface area is 141 Å². The van der Waals surface area contributed by atoms with Crippen molar-refractivity contribution in [1.29, 1.82) is 0 Å². The molecule has 0 unspecified atom stereocenters. The second-order valence-corrected chi connectivity index (χ2v) is 7.30. The van der Waals surface area contributed by atoms with E-state index in [1.165, 1.54) is 0 Å². The van der Waals surface area contributed by atoms with Gasteiger partial charge in [-0.05, 0) is 30.9 Å². The zero-order valence-electron chi connectivity index (χ0n) is 13.4. The maximum Gasteiger partial charge on any atom is 0.251 e. The van der Waals surface area contributed by atoms with Crippen molar-refractivity contribution in [2.24, 2.45) is 5.92 Å². The second-order valence-electron chi connectivity index (χ2n) is 6.23. The van der Waals surface area contributed by atoms with Crippen molar-refractivity contribution in [3.63, 3.8) is 0 Å². The minimum atomic E-state index is -0.0888. The van der Waals surface area contributed by atoms with Gasteiger partial charge >= 0.3 is 0 Å².